The standard InChI is InChI=1S/C21H28O4/c1-11-8-13-14-4-5-15(19(24)25)21(14,3)10-17(23)18(13)20(2)7-6-12(22)9-16(11)20/h6-7,9,11,13-15,17-18,23H,4-5,8,10H2,1-3H3,(H,24,25). The Bertz CT molecular complexity index is 692. The molecule has 4 rings (SSSR count). The minimum absolute atomic E-state index is 0.0414. The smallest absolute Gasteiger partial charge is 0.307 e. The fourth-order valence-electron chi connectivity index (χ4n) is 7.16. The third-order valence-electron chi connectivity index (χ3n) is 8.11. The number of ketones is 1. The maximum absolute atomic E-state index is 11.9. The van der Waals surface area contributed by atoms with Gasteiger partial charge in [0.15, 0.2) is 5.78 Å². The second-order valence-corrected chi connectivity index (χ2v) is 9.30. The van der Waals surface area contributed by atoms with Gasteiger partial charge in [-0.25, -0.2) is 0 Å². The van der Waals surface area contributed by atoms with Crippen LogP contribution < -0.4 is 0 Å². The summed E-state index contributed by atoms with van der Waals surface area (Å²) in [6, 6.07) is 0. The van der Waals surface area contributed by atoms with E-state index in [-0.39, 0.29) is 28.4 Å². The van der Waals surface area contributed by atoms with Crippen molar-refractivity contribution in [1.29, 1.82) is 0 Å². The van der Waals surface area contributed by atoms with E-state index in [0.29, 0.717) is 30.6 Å². The lowest BCUT2D eigenvalue weighted by Crippen LogP contribution is -2.57. The molecule has 4 nitrogen and oxygen atoms in total. The molecule has 3 fully saturated rings. The molecule has 4 aliphatic rings. The second kappa shape index (κ2) is 5.29. The Kier molecular flexibility index (Phi) is 3.60. The zero-order valence-corrected chi connectivity index (χ0v) is 15.2. The Morgan fingerprint density at radius 2 is 2.00 bits per heavy atom. The van der Waals surface area contributed by atoms with E-state index in [4.69, 9.17) is 0 Å². The van der Waals surface area contributed by atoms with Crippen LogP contribution in [0.3, 0.4) is 0 Å². The van der Waals surface area contributed by atoms with Gasteiger partial charge in [-0.3, -0.25) is 9.59 Å². The minimum Gasteiger partial charge on any atom is -0.481 e. The summed E-state index contributed by atoms with van der Waals surface area (Å²) in [4.78, 5) is 23.7. The quantitative estimate of drug-likeness (QED) is 0.766. The van der Waals surface area contributed by atoms with E-state index in [9.17, 15) is 19.8 Å². The maximum atomic E-state index is 11.9. The highest BCUT2D eigenvalue weighted by atomic mass is 16.4. The Balaban J connectivity index is 1.77. The third kappa shape index (κ3) is 2.16. The molecule has 0 saturated heterocycles. The van der Waals surface area contributed by atoms with Crippen LogP contribution in [-0.2, 0) is 9.59 Å². The fourth-order valence-corrected chi connectivity index (χ4v) is 7.16. The molecule has 0 aromatic carbocycles. The van der Waals surface area contributed by atoms with Gasteiger partial charge in [0.2, 0.25) is 0 Å². The van der Waals surface area contributed by atoms with Crippen molar-refractivity contribution in [2.45, 2.75) is 52.6 Å². The fraction of sp³-hybridized carbons (Fsp3) is 0.714. The lowest BCUT2D eigenvalue weighted by Gasteiger charge is -2.59. The topological polar surface area (TPSA) is 74.6 Å². The number of aliphatic carboxylic acids is 1. The maximum Gasteiger partial charge on any atom is 0.307 e. The van der Waals surface area contributed by atoms with Gasteiger partial charge in [-0.15, -0.1) is 0 Å². The van der Waals surface area contributed by atoms with Gasteiger partial charge in [0.1, 0.15) is 0 Å². The lowest BCUT2D eigenvalue weighted by atomic mass is 9.45. The molecule has 2 N–H and O–H groups in total. The van der Waals surface area contributed by atoms with Crippen LogP contribution in [0.5, 0.6) is 0 Å². The molecule has 8 unspecified atom stereocenters. The van der Waals surface area contributed by atoms with Crippen LogP contribution in [0.1, 0.15) is 46.5 Å². The van der Waals surface area contributed by atoms with Crippen LogP contribution in [0.25, 0.3) is 0 Å². The Morgan fingerprint density at radius 3 is 2.68 bits per heavy atom. The number of carbonyl (C=O) groups is 2. The molecule has 0 amide bonds. The Labute approximate surface area is 149 Å². The molecular formula is C21H28O4. The van der Waals surface area contributed by atoms with Gasteiger partial charge in [-0.05, 0) is 61.0 Å². The van der Waals surface area contributed by atoms with Gasteiger partial charge in [0.05, 0.1) is 12.0 Å². The molecule has 4 heteroatoms. The van der Waals surface area contributed by atoms with Crippen molar-refractivity contribution < 1.29 is 19.8 Å². The highest BCUT2D eigenvalue weighted by Gasteiger charge is 2.63. The molecule has 0 aromatic rings. The summed E-state index contributed by atoms with van der Waals surface area (Å²) in [5, 5.41) is 20.8. The summed E-state index contributed by atoms with van der Waals surface area (Å²) in [6.45, 7) is 6.42. The van der Waals surface area contributed by atoms with Crippen molar-refractivity contribution in [1.82, 2.24) is 0 Å². The average molecular weight is 344 g/mol. The van der Waals surface area contributed by atoms with Gasteiger partial charge >= 0.3 is 5.97 Å². The minimum atomic E-state index is -0.713. The molecule has 0 heterocycles. The monoisotopic (exact) mass is 344 g/mol. The highest BCUT2D eigenvalue weighted by Crippen LogP contribution is 2.66. The largest absolute Gasteiger partial charge is 0.481 e. The van der Waals surface area contributed by atoms with Crippen LogP contribution in [0, 0.1) is 40.4 Å². The molecule has 0 aliphatic heterocycles. The molecule has 8 atom stereocenters. The third-order valence-corrected chi connectivity index (χ3v) is 8.11. The number of carbonyl (C=O) groups excluding carboxylic acids is 1. The molecule has 25 heavy (non-hydrogen) atoms. The molecule has 3 saturated carbocycles. The first-order valence-corrected chi connectivity index (χ1v) is 9.54. The summed E-state index contributed by atoms with van der Waals surface area (Å²) in [7, 11) is 0. The number of aliphatic hydroxyl groups excluding tert-OH is 1. The molecule has 136 valence electrons. The Morgan fingerprint density at radius 1 is 1.28 bits per heavy atom. The van der Waals surface area contributed by atoms with Gasteiger partial charge in [0.25, 0.3) is 0 Å². The number of hydrogen-bond donors (Lipinski definition) is 2. The zero-order chi connectivity index (χ0) is 18.1. The van der Waals surface area contributed by atoms with E-state index in [2.05, 4.69) is 20.8 Å². The predicted octanol–water partition coefficient (Wildman–Crippen LogP) is 3.21. The van der Waals surface area contributed by atoms with Crippen molar-refractivity contribution in [2.75, 3.05) is 0 Å². The van der Waals surface area contributed by atoms with Crippen molar-refractivity contribution in [3.63, 3.8) is 0 Å². The van der Waals surface area contributed by atoms with Crippen LogP contribution in [0.4, 0.5) is 0 Å². The highest BCUT2D eigenvalue weighted by molar-refractivity contribution is 6.01. The summed E-state index contributed by atoms with van der Waals surface area (Å²) in [5.74, 6) is -0.00346. The summed E-state index contributed by atoms with van der Waals surface area (Å²) >= 11 is 0. The number of rotatable bonds is 1. The van der Waals surface area contributed by atoms with Crippen molar-refractivity contribution >= 4 is 11.8 Å². The van der Waals surface area contributed by atoms with Crippen LogP contribution in [-0.4, -0.2) is 28.1 Å². The van der Waals surface area contributed by atoms with E-state index in [1.807, 2.05) is 6.08 Å². The van der Waals surface area contributed by atoms with E-state index >= 15 is 0 Å². The summed E-state index contributed by atoms with van der Waals surface area (Å²) in [6.07, 6.45) is 8.05. The SMILES string of the molecule is CC1CC2C(C(O)CC3(C)C(C(=O)O)CCC23)C2(C)C=CC(=O)C=C12. The zero-order valence-electron chi connectivity index (χ0n) is 15.2. The Hall–Kier alpha value is -1.42. The molecule has 4 aliphatic carbocycles. The van der Waals surface area contributed by atoms with Crippen molar-refractivity contribution in [3.05, 3.63) is 23.8 Å². The molecule has 0 spiro atoms. The number of fused-ring (bicyclic) bond motifs is 5. The average Bonchev–Trinajstić information content (AvgIpc) is 2.85. The van der Waals surface area contributed by atoms with E-state index in [1.165, 1.54) is 0 Å². The van der Waals surface area contributed by atoms with E-state index in [1.54, 1.807) is 12.2 Å². The number of carboxylic acids is 1. The van der Waals surface area contributed by atoms with Crippen LogP contribution >= 0.6 is 0 Å². The second-order valence-electron chi connectivity index (χ2n) is 9.30. The van der Waals surface area contributed by atoms with Crippen molar-refractivity contribution in [3.8, 4) is 0 Å². The van der Waals surface area contributed by atoms with Gasteiger partial charge in [-0.1, -0.05) is 32.4 Å². The normalized spacial score (nSPS) is 51.4. The molecule has 0 radical (unpaired) electrons. The molecule has 0 bridgehead atoms. The summed E-state index contributed by atoms with van der Waals surface area (Å²) < 4.78 is 0. The predicted molar refractivity (Wildman–Crippen MR) is 93.7 cm³/mol. The lowest BCUT2D eigenvalue weighted by molar-refractivity contribution is -0.156. The molecular weight excluding hydrogens is 316 g/mol. The first-order chi connectivity index (χ1) is 11.7. The van der Waals surface area contributed by atoms with Gasteiger partial charge < -0.3 is 10.2 Å². The number of allylic oxidation sites excluding steroid dienone is 4. The van der Waals surface area contributed by atoms with Crippen LogP contribution in [0.15, 0.2) is 23.8 Å². The number of hydrogen-bond acceptors (Lipinski definition) is 3. The van der Waals surface area contributed by atoms with Gasteiger partial charge in [-0.2, -0.15) is 0 Å². The summed E-state index contributed by atoms with van der Waals surface area (Å²) in [5.41, 5.74) is 0.535. The van der Waals surface area contributed by atoms with Crippen LogP contribution in [0.2, 0.25) is 0 Å². The number of aliphatic hydroxyl groups is 1. The number of carboxylic acid groups (broad SMARTS) is 1. The van der Waals surface area contributed by atoms with Gasteiger partial charge in [0, 0.05) is 11.3 Å². The van der Waals surface area contributed by atoms with E-state index < -0.39 is 12.1 Å². The van der Waals surface area contributed by atoms with Crippen molar-refractivity contribution in [2.24, 2.45) is 40.4 Å². The molecule has 0 aromatic heterocycles. The first-order valence-electron chi connectivity index (χ1n) is 9.54. The first kappa shape index (κ1) is 17.0. The van der Waals surface area contributed by atoms with E-state index in [0.717, 1.165) is 18.4 Å².